The molecule has 3 rings (SSSR count). The number of carbonyl (C=O) groups excluding carboxylic acids is 1. The lowest BCUT2D eigenvalue weighted by molar-refractivity contribution is 0.0945. The number of benzene rings is 2. The standard InChI is InChI=1S/C22H24N4O3/c1-14-5-7-16(8-6-14)13-23-21(27)18-11-15(2)24-22(26-18)25-17-9-10-19(28-3)20(12-17)29-4/h5-12H,13H2,1-4H3,(H,23,27)(H,24,25,26). The maximum atomic E-state index is 12.6. The third-order valence-electron chi connectivity index (χ3n) is 4.30. The molecule has 1 aromatic heterocycles. The molecule has 0 aliphatic rings. The van der Waals surface area contributed by atoms with E-state index in [-0.39, 0.29) is 5.91 Å². The minimum Gasteiger partial charge on any atom is -0.493 e. The molecule has 150 valence electrons. The molecule has 7 nitrogen and oxygen atoms in total. The summed E-state index contributed by atoms with van der Waals surface area (Å²) >= 11 is 0. The van der Waals surface area contributed by atoms with Crippen molar-refractivity contribution in [2.75, 3.05) is 19.5 Å². The normalized spacial score (nSPS) is 10.3. The number of anilines is 2. The van der Waals surface area contributed by atoms with Crippen LogP contribution in [-0.2, 0) is 6.54 Å². The Labute approximate surface area is 170 Å². The van der Waals surface area contributed by atoms with Crippen molar-refractivity contribution in [3.05, 3.63) is 71.0 Å². The number of aryl methyl sites for hydroxylation is 2. The summed E-state index contributed by atoms with van der Waals surface area (Å²) in [6, 6.07) is 15.1. The van der Waals surface area contributed by atoms with E-state index in [2.05, 4.69) is 20.6 Å². The highest BCUT2D eigenvalue weighted by atomic mass is 16.5. The van der Waals surface area contributed by atoms with Crippen molar-refractivity contribution < 1.29 is 14.3 Å². The predicted octanol–water partition coefficient (Wildman–Crippen LogP) is 3.78. The topological polar surface area (TPSA) is 85.4 Å². The van der Waals surface area contributed by atoms with Gasteiger partial charge in [-0.05, 0) is 37.6 Å². The first-order chi connectivity index (χ1) is 14.0. The number of nitrogens with one attached hydrogen (secondary N) is 2. The van der Waals surface area contributed by atoms with Gasteiger partial charge in [0, 0.05) is 24.0 Å². The van der Waals surface area contributed by atoms with Crippen molar-refractivity contribution >= 4 is 17.5 Å². The van der Waals surface area contributed by atoms with Gasteiger partial charge in [0.2, 0.25) is 5.95 Å². The van der Waals surface area contributed by atoms with Crippen LogP contribution < -0.4 is 20.1 Å². The minimum absolute atomic E-state index is 0.258. The number of carbonyl (C=O) groups is 1. The van der Waals surface area contributed by atoms with Crippen LogP contribution in [0.4, 0.5) is 11.6 Å². The van der Waals surface area contributed by atoms with Crippen LogP contribution >= 0.6 is 0 Å². The molecule has 1 amide bonds. The molecule has 0 aliphatic carbocycles. The van der Waals surface area contributed by atoms with Crippen LogP contribution in [-0.4, -0.2) is 30.1 Å². The Kier molecular flexibility index (Phi) is 6.29. The zero-order valence-corrected chi connectivity index (χ0v) is 16.9. The maximum absolute atomic E-state index is 12.6. The second kappa shape index (κ2) is 9.05. The third-order valence-corrected chi connectivity index (χ3v) is 4.30. The summed E-state index contributed by atoms with van der Waals surface area (Å²) in [5, 5.41) is 6.00. The summed E-state index contributed by atoms with van der Waals surface area (Å²) in [7, 11) is 3.15. The van der Waals surface area contributed by atoms with Gasteiger partial charge in [0.15, 0.2) is 11.5 Å². The lowest BCUT2D eigenvalue weighted by atomic mass is 10.1. The Morgan fingerprint density at radius 1 is 0.931 bits per heavy atom. The van der Waals surface area contributed by atoms with Gasteiger partial charge < -0.3 is 20.1 Å². The highest BCUT2D eigenvalue weighted by molar-refractivity contribution is 5.92. The van der Waals surface area contributed by atoms with Crippen LogP contribution in [0.1, 0.15) is 27.3 Å². The van der Waals surface area contributed by atoms with Gasteiger partial charge in [-0.25, -0.2) is 9.97 Å². The van der Waals surface area contributed by atoms with Crippen LogP contribution in [0.25, 0.3) is 0 Å². The van der Waals surface area contributed by atoms with Crippen molar-refractivity contribution in [3.8, 4) is 11.5 Å². The molecule has 0 radical (unpaired) electrons. The zero-order valence-electron chi connectivity index (χ0n) is 16.9. The van der Waals surface area contributed by atoms with Gasteiger partial charge in [0.05, 0.1) is 14.2 Å². The lowest BCUT2D eigenvalue weighted by Gasteiger charge is -2.12. The summed E-state index contributed by atoms with van der Waals surface area (Å²) in [5.74, 6) is 1.28. The quantitative estimate of drug-likeness (QED) is 0.636. The van der Waals surface area contributed by atoms with E-state index in [1.807, 2.05) is 44.2 Å². The van der Waals surface area contributed by atoms with E-state index >= 15 is 0 Å². The van der Waals surface area contributed by atoms with Crippen molar-refractivity contribution in [1.82, 2.24) is 15.3 Å². The van der Waals surface area contributed by atoms with Gasteiger partial charge >= 0.3 is 0 Å². The molecule has 0 bridgehead atoms. The van der Waals surface area contributed by atoms with E-state index in [1.54, 1.807) is 32.4 Å². The fourth-order valence-corrected chi connectivity index (χ4v) is 2.76. The van der Waals surface area contributed by atoms with Crippen LogP contribution in [0.15, 0.2) is 48.5 Å². The predicted molar refractivity (Wildman–Crippen MR) is 112 cm³/mol. The summed E-state index contributed by atoms with van der Waals surface area (Å²) < 4.78 is 10.6. The number of ether oxygens (including phenoxy) is 2. The van der Waals surface area contributed by atoms with Crippen LogP contribution in [0.5, 0.6) is 11.5 Å². The molecule has 0 saturated carbocycles. The number of rotatable bonds is 7. The van der Waals surface area contributed by atoms with Gasteiger partial charge in [-0.2, -0.15) is 0 Å². The highest BCUT2D eigenvalue weighted by Gasteiger charge is 2.12. The van der Waals surface area contributed by atoms with Crippen LogP contribution in [0.2, 0.25) is 0 Å². The molecule has 0 saturated heterocycles. The monoisotopic (exact) mass is 392 g/mol. The van der Waals surface area contributed by atoms with E-state index in [0.717, 1.165) is 11.3 Å². The number of hydrogen-bond acceptors (Lipinski definition) is 6. The Hall–Kier alpha value is -3.61. The lowest BCUT2D eigenvalue weighted by Crippen LogP contribution is -2.24. The molecule has 7 heteroatoms. The Morgan fingerprint density at radius 2 is 1.66 bits per heavy atom. The fourth-order valence-electron chi connectivity index (χ4n) is 2.76. The number of hydrogen-bond donors (Lipinski definition) is 2. The van der Waals surface area contributed by atoms with Gasteiger partial charge in [-0.1, -0.05) is 29.8 Å². The second-order valence-corrected chi connectivity index (χ2v) is 6.58. The first-order valence-corrected chi connectivity index (χ1v) is 9.17. The van der Waals surface area contributed by atoms with E-state index in [9.17, 15) is 4.79 Å². The molecule has 2 aromatic carbocycles. The molecule has 0 aliphatic heterocycles. The third kappa shape index (κ3) is 5.22. The molecule has 1 heterocycles. The molecule has 0 fully saturated rings. The smallest absolute Gasteiger partial charge is 0.270 e. The first kappa shape index (κ1) is 20.1. The second-order valence-electron chi connectivity index (χ2n) is 6.58. The molecule has 3 aromatic rings. The summed E-state index contributed by atoms with van der Waals surface area (Å²) in [6.07, 6.45) is 0. The Balaban J connectivity index is 1.73. The minimum atomic E-state index is -0.258. The zero-order chi connectivity index (χ0) is 20.8. The fraction of sp³-hybridized carbons (Fsp3) is 0.227. The van der Waals surface area contributed by atoms with Crippen molar-refractivity contribution in [2.45, 2.75) is 20.4 Å². The molecule has 2 N–H and O–H groups in total. The molecule has 0 spiro atoms. The average Bonchev–Trinajstić information content (AvgIpc) is 2.72. The molecular weight excluding hydrogens is 368 g/mol. The van der Waals surface area contributed by atoms with E-state index in [4.69, 9.17) is 9.47 Å². The SMILES string of the molecule is COc1ccc(Nc2nc(C)cc(C(=O)NCc3ccc(C)cc3)n2)cc1OC. The average molecular weight is 392 g/mol. The maximum Gasteiger partial charge on any atom is 0.270 e. The molecule has 0 atom stereocenters. The number of amides is 1. The molecular formula is C22H24N4O3. The Bertz CT molecular complexity index is 1000. The van der Waals surface area contributed by atoms with Gasteiger partial charge in [0.1, 0.15) is 5.69 Å². The number of methoxy groups -OCH3 is 2. The summed E-state index contributed by atoms with van der Waals surface area (Å²) in [6.45, 7) is 4.28. The van der Waals surface area contributed by atoms with Crippen molar-refractivity contribution in [3.63, 3.8) is 0 Å². The van der Waals surface area contributed by atoms with Crippen molar-refractivity contribution in [2.24, 2.45) is 0 Å². The Morgan fingerprint density at radius 3 is 2.34 bits per heavy atom. The van der Waals surface area contributed by atoms with E-state index < -0.39 is 0 Å². The van der Waals surface area contributed by atoms with Crippen molar-refractivity contribution in [1.29, 1.82) is 0 Å². The van der Waals surface area contributed by atoms with Crippen LogP contribution in [0, 0.1) is 13.8 Å². The van der Waals surface area contributed by atoms with Crippen LogP contribution in [0.3, 0.4) is 0 Å². The highest BCUT2D eigenvalue weighted by Crippen LogP contribution is 2.30. The van der Waals surface area contributed by atoms with E-state index in [1.165, 1.54) is 5.56 Å². The van der Waals surface area contributed by atoms with Gasteiger partial charge in [0.25, 0.3) is 5.91 Å². The largest absolute Gasteiger partial charge is 0.493 e. The summed E-state index contributed by atoms with van der Waals surface area (Å²) in [4.78, 5) is 21.3. The number of aromatic nitrogens is 2. The van der Waals surface area contributed by atoms with E-state index in [0.29, 0.717) is 35.4 Å². The van der Waals surface area contributed by atoms with Gasteiger partial charge in [-0.3, -0.25) is 4.79 Å². The molecule has 0 unspecified atom stereocenters. The van der Waals surface area contributed by atoms with Gasteiger partial charge in [-0.15, -0.1) is 0 Å². The number of nitrogens with zero attached hydrogens (tertiary/aromatic N) is 2. The summed E-state index contributed by atoms with van der Waals surface area (Å²) in [5.41, 5.74) is 3.91. The first-order valence-electron chi connectivity index (χ1n) is 9.17. The molecule has 29 heavy (non-hydrogen) atoms.